The highest BCUT2D eigenvalue weighted by atomic mass is 16.6. The van der Waals surface area contributed by atoms with Crippen molar-refractivity contribution in [3.63, 3.8) is 0 Å². The van der Waals surface area contributed by atoms with Crippen molar-refractivity contribution >= 4 is 11.9 Å². The van der Waals surface area contributed by atoms with E-state index in [0.29, 0.717) is 19.6 Å². The van der Waals surface area contributed by atoms with Gasteiger partial charge in [-0.25, -0.2) is 0 Å². The molecule has 0 atom stereocenters. The van der Waals surface area contributed by atoms with Crippen LogP contribution in [0, 0.1) is 6.92 Å². The molecule has 18 heavy (non-hydrogen) atoms. The van der Waals surface area contributed by atoms with Crippen LogP contribution in [0.15, 0.2) is 18.2 Å². The van der Waals surface area contributed by atoms with E-state index >= 15 is 0 Å². The number of carbonyl (C=O) groups excluding carboxylic acids is 1. The SMILES string of the molecule is CC(=O)CC/C=C/c1cc2c(cc1C)OCCO2. The maximum absolute atomic E-state index is 10.8. The van der Waals surface area contributed by atoms with Crippen LogP contribution >= 0.6 is 0 Å². The molecule has 1 aromatic carbocycles. The molecule has 1 aliphatic rings. The normalized spacial score (nSPS) is 13.9. The molecule has 3 nitrogen and oxygen atoms in total. The molecule has 0 saturated carbocycles. The molecule has 1 aliphatic heterocycles. The van der Waals surface area contributed by atoms with Gasteiger partial charge in [0, 0.05) is 6.42 Å². The van der Waals surface area contributed by atoms with Gasteiger partial charge in [-0.15, -0.1) is 0 Å². The first kappa shape index (κ1) is 12.7. The number of Topliss-reactive ketones (excluding diaryl/α,β-unsaturated/α-hetero) is 1. The highest BCUT2D eigenvalue weighted by molar-refractivity contribution is 5.75. The van der Waals surface area contributed by atoms with Gasteiger partial charge in [0.05, 0.1) is 0 Å². The third-order valence-corrected chi connectivity index (χ3v) is 2.89. The minimum atomic E-state index is 0.221. The quantitative estimate of drug-likeness (QED) is 0.818. The first-order valence-electron chi connectivity index (χ1n) is 6.23. The minimum absolute atomic E-state index is 0.221. The number of ketones is 1. The van der Waals surface area contributed by atoms with Gasteiger partial charge in [0.25, 0.3) is 0 Å². The number of hydrogen-bond donors (Lipinski definition) is 0. The monoisotopic (exact) mass is 246 g/mol. The Kier molecular flexibility index (Phi) is 4.03. The van der Waals surface area contributed by atoms with Gasteiger partial charge in [0.1, 0.15) is 19.0 Å². The van der Waals surface area contributed by atoms with Gasteiger partial charge in [-0.2, -0.15) is 0 Å². The van der Waals surface area contributed by atoms with E-state index < -0.39 is 0 Å². The molecule has 0 unspecified atom stereocenters. The van der Waals surface area contributed by atoms with E-state index in [9.17, 15) is 4.79 Å². The maximum Gasteiger partial charge on any atom is 0.161 e. The number of hydrogen-bond acceptors (Lipinski definition) is 3. The number of benzene rings is 1. The van der Waals surface area contributed by atoms with Crippen molar-refractivity contribution in [2.75, 3.05) is 13.2 Å². The summed E-state index contributed by atoms with van der Waals surface area (Å²) in [7, 11) is 0. The summed E-state index contributed by atoms with van der Waals surface area (Å²) in [4.78, 5) is 10.8. The zero-order valence-electron chi connectivity index (χ0n) is 10.9. The zero-order chi connectivity index (χ0) is 13.0. The Balaban J connectivity index is 2.10. The van der Waals surface area contributed by atoms with Crippen LogP contribution in [-0.2, 0) is 4.79 Å². The lowest BCUT2D eigenvalue weighted by Gasteiger charge is -2.19. The topological polar surface area (TPSA) is 35.5 Å². The standard InChI is InChI=1S/C15H18O3/c1-11-9-14-15(18-8-7-17-14)10-13(11)6-4-3-5-12(2)16/h4,6,9-10H,3,5,7-8H2,1-2H3/b6-4+. The Labute approximate surface area is 107 Å². The van der Waals surface area contributed by atoms with Gasteiger partial charge in [0.15, 0.2) is 11.5 Å². The van der Waals surface area contributed by atoms with E-state index in [2.05, 4.69) is 0 Å². The van der Waals surface area contributed by atoms with Crippen molar-refractivity contribution in [1.82, 2.24) is 0 Å². The van der Waals surface area contributed by atoms with Crippen LogP contribution < -0.4 is 9.47 Å². The van der Waals surface area contributed by atoms with Gasteiger partial charge in [-0.05, 0) is 43.5 Å². The molecule has 0 radical (unpaired) electrons. The lowest BCUT2D eigenvalue weighted by molar-refractivity contribution is -0.116. The Morgan fingerprint density at radius 2 is 1.94 bits per heavy atom. The van der Waals surface area contributed by atoms with Crippen LogP contribution in [0.5, 0.6) is 11.5 Å². The number of rotatable bonds is 4. The number of fused-ring (bicyclic) bond motifs is 1. The van der Waals surface area contributed by atoms with E-state index in [1.807, 2.05) is 31.2 Å². The van der Waals surface area contributed by atoms with Crippen LogP contribution in [0.1, 0.15) is 30.9 Å². The summed E-state index contributed by atoms with van der Waals surface area (Å²) in [6, 6.07) is 3.99. The van der Waals surface area contributed by atoms with Crippen molar-refractivity contribution in [2.24, 2.45) is 0 Å². The summed E-state index contributed by atoms with van der Waals surface area (Å²) in [5.74, 6) is 1.84. The first-order chi connectivity index (χ1) is 8.66. The Bertz CT molecular complexity index is 475. The fourth-order valence-corrected chi connectivity index (χ4v) is 1.88. The molecule has 0 amide bonds. The fourth-order valence-electron chi connectivity index (χ4n) is 1.88. The second kappa shape index (κ2) is 5.71. The van der Waals surface area contributed by atoms with E-state index in [4.69, 9.17) is 9.47 Å². The molecule has 0 N–H and O–H groups in total. The van der Waals surface area contributed by atoms with E-state index in [-0.39, 0.29) is 5.78 Å². The van der Waals surface area contributed by atoms with Crippen molar-refractivity contribution in [3.05, 3.63) is 29.3 Å². The molecule has 1 aromatic rings. The number of carbonyl (C=O) groups is 1. The average molecular weight is 246 g/mol. The lowest BCUT2D eigenvalue weighted by atomic mass is 10.1. The number of allylic oxidation sites excluding steroid dienone is 1. The summed E-state index contributed by atoms with van der Waals surface area (Å²) in [6.07, 6.45) is 5.44. The summed E-state index contributed by atoms with van der Waals surface area (Å²) in [6.45, 7) is 4.87. The Morgan fingerprint density at radius 1 is 1.28 bits per heavy atom. The van der Waals surface area contributed by atoms with Gasteiger partial charge in [-0.1, -0.05) is 12.2 Å². The predicted molar refractivity (Wildman–Crippen MR) is 71.1 cm³/mol. The highest BCUT2D eigenvalue weighted by Crippen LogP contribution is 2.33. The first-order valence-corrected chi connectivity index (χ1v) is 6.23. The Morgan fingerprint density at radius 3 is 2.61 bits per heavy atom. The van der Waals surface area contributed by atoms with Gasteiger partial charge < -0.3 is 14.3 Å². The average Bonchev–Trinajstić information content (AvgIpc) is 2.34. The fraction of sp³-hybridized carbons (Fsp3) is 0.400. The van der Waals surface area contributed by atoms with Crippen LogP contribution in [0.25, 0.3) is 6.08 Å². The van der Waals surface area contributed by atoms with Crippen LogP contribution in [0.4, 0.5) is 0 Å². The third-order valence-electron chi connectivity index (χ3n) is 2.89. The minimum Gasteiger partial charge on any atom is -0.486 e. The molecule has 0 fully saturated rings. The third kappa shape index (κ3) is 3.13. The van der Waals surface area contributed by atoms with Crippen molar-refractivity contribution < 1.29 is 14.3 Å². The second-order valence-corrected chi connectivity index (χ2v) is 4.50. The smallest absolute Gasteiger partial charge is 0.161 e. The van der Waals surface area contributed by atoms with E-state index in [1.54, 1.807) is 6.92 Å². The summed E-state index contributed by atoms with van der Waals surface area (Å²) in [5, 5.41) is 0. The van der Waals surface area contributed by atoms with Crippen molar-refractivity contribution in [2.45, 2.75) is 26.7 Å². The molecule has 0 aromatic heterocycles. The van der Waals surface area contributed by atoms with E-state index in [0.717, 1.165) is 29.0 Å². The Hall–Kier alpha value is -1.77. The molecule has 1 heterocycles. The van der Waals surface area contributed by atoms with Gasteiger partial charge >= 0.3 is 0 Å². The largest absolute Gasteiger partial charge is 0.486 e. The molecular weight excluding hydrogens is 228 g/mol. The van der Waals surface area contributed by atoms with E-state index in [1.165, 1.54) is 0 Å². The van der Waals surface area contributed by atoms with Crippen LogP contribution in [0.3, 0.4) is 0 Å². The highest BCUT2D eigenvalue weighted by Gasteiger charge is 2.12. The maximum atomic E-state index is 10.8. The van der Waals surface area contributed by atoms with Crippen molar-refractivity contribution in [3.8, 4) is 11.5 Å². The number of aryl methyl sites for hydroxylation is 1. The molecule has 0 aliphatic carbocycles. The molecule has 0 spiro atoms. The van der Waals surface area contributed by atoms with Crippen LogP contribution in [0.2, 0.25) is 0 Å². The second-order valence-electron chi connectivity index (χ2n) is 4.50. The van der Waals surface area contributed by atoms with Crippen LogP contribution in [-0.4, -0.2) is 19.0 Å². The van der Waals surface area contributed by atoms with Gasteiger partial charge in [-0.3, -0.25) is 0 Å². The molecule has 96 valence electrons. The number of ether oxygens (including phenoxy) is 2. The van der Waals surface area contributed by atoms with Gasteiger partial charge in [0.2, 0.25) is 0 Å². The summed E-state index contributed by atoms with van der Waals surface area (Å²) < 4.78 is 11.1. The molecule has 3 heteroatoms. The molecular formula is C15H18O3. The molecule has 0 saturated heterocycles. The lowest BCUT2D eigenvalue weighted by Crippen LogP contribution is -2.15. The predicted octanol–water partition coefficient (Wildman–Crippen LogP) is 3.15. The zero-order valence-corrected chi connectivity index (χ0v) is 10.9. The summed E-state index contributed by atoms with van der Waals surface area (Å²) in [5.41, 5.74) is 2.26. The molecule has 2 rings (SSSR count). The molecule has 0 bridgehead atoms. The summed E-state index contributed by atoms with van der Waals surface area (Å²) >= 11 is 0. The van der Waals surface area contributed by atoms with Crippen molar-refractivity contribution in [1.29, 1.82) is 0 Å².